The zero-order chi connectivity index (χ0) is 15.4. The molecule has 0 saturated carbocycles. The second-order valence-electron chi connectivity index (χ2n) is 5.91. The first-order chi connectivity index (χ1) is 10.4. The molecule has 0 bridgehead atoms. The van der Waals surface area contributed by atoms with Gasteiger partial charge in [0.1, 0.15) is 0 Å². The van der Waals surface area contributed by atoms with E-state index in [1.165, 1.54) is 64.2 Å². The summed E-state index contributed by atoms with van der Waals surface area (Å²) in [6.45, 7) is 4.46. The highest BCUT2D eigenvalue weighted by Crippen LogP contribution is 2.10. The fourth-order valence-electron chi connectivity index (χ4n) is 2.40. The van der Waals surface area contributed by atoms with Gasteiger partial charge in [-0.2, -0.15) is 0 Å². The van der Waals surface area contributed by atoms with Gasteiger partial charge in [-0.1, -0.05) is 102 Å². The molecule has 0 unspecified atom stereocenters. The van der Waals surface area contributed by atoms with E-state index < -0.39 is 0 Å². The molecule has 0 heteroatoms. The molecule has 122 valence electrons. The minimum absolute atomic E-state index is 1.08. The normalized spacial score (nSPS) is 12.3. The van der Waals surface area contributed by atoms with Crippen molar-refractivity contribution in [1.29, 1.82) is 0 Å². The highest BCUT2D eigenvalue weighted by molar-refractivity contribution is 4.96. The summed E-state index contributed by atoms with van der Waals surface area (Å²) < 4.78 is 0. The van der Waals surface area contributed by atoms with Crippen LogP contribution in [0.5, 0.6) is 0 Å². The third-order valence-electron chi connectivity index (χ3n) is 3.75. The Morgan fingerprint density at radius 1 is 0.476 bits per heavy atom. The Balaban J connectivity index is 3.16. The van der Waals surface area contributed by atoms with Crippen molar-refractivity contribution in [2.45, 2.75) is 97.3 Å². The van der Waals surface area contributed by atoms with E-state index in [1.807, 2.05) is 0 Å². The van der Waals surface area contributed by atoms with Gasteiger partial charge in [0.05, 0.1) is 0 Å². The number of hydrogen-bond acceptors (Lipinski definition) is 0. The zero-order valence-electron chi connectivity index (χ0n) is 14.7. The van der Waals surface area contributed by atoms with Crippen LogP contribution in [0.2, 0.25) is 0 Å². The summed E-state index contributed by atoms with van der Waals surface area (Å²) in [5.41, 5.74) is 0. The third-order valence-corrected chi connectivity index (χ3v) is 3.75. The topological polar surface area (TPSA) is 0 Å². The number of allylic oxidation sites excluding steroid dienone is 6. The van der Waals surface area contributed by atoms with Gasteiger partial charge in [0.2, 0.25) is 0 Å². The van der Waals surface area contributed by atoms with Crippen LogP contribution in [-0.2, 0) is 0 Å². The molecule has 0 aliphatic heterocycles. The quantitative estimate of drug-likeness (QED) is 0.213. The van der Waals surface area contributed by atoms with E-state index in [0.29, 0.717) is 0 Å². The monoisotopic (exact) mass is 290 g/mol. The molecule has 0 aromatic carbocycles. The Morgan fingerprint density at radius 2 is 0.952 bits per heavy atom. The van der Waals surface area contributed by atoms with Crippen LogP contribution in [0, 0.1) is 0 Å². The minimum atomic E-state index is 1.08. The Bertz CT molecular complexity index is 257. The van der Waals surface area contributed by atoms with Crippen molar-refractivity contribution in [3.63, 3.8) is 0 Å². The van der Waals surface area contributed by atoms with Crippen LogP contribution in [0.1, 0.15) is 97.3 Å². The van der Waals surface area contributed by atoms with E-state index in [0.717, 1.165) is 19.3 Å². The molecule has 0 spiro atoms. The minimum Gasteiger partial charge on any atom is -0.0885 e. The van der Waals surface area contributed by atoms with Crippen LogP contribution in [-0.4, -0.2) is 0 Å². The van der Waals surface area contributed by atoms with Crippen molar-refractivity contribution in [3.05, 3.63) is 36.5 Å². The molecule has 0 nitrogen and oxygen atoms in total. The summed E-state index contributed by atoms with van der Waals surface area (Å²) in [5, 5.41) is 0. The lowest BCUT2D eigenvalue weighted by molar-refractivity contribution is 0.566. The average Bonchev–Trinajstić information content (AvgIpc) is 2.50. The molecule has 0 N–H and O–H groups in total. The van der Waals surface area contributed by atoms with Gasteiger partial charge in [-0.05, 0) is 32.1 Å². The fourth-order valence-corrected chi connectivity index (χ4v) is 2.40. The Kier molecular flexibility index (Phi) is 18.5. The van der Waals surface area contributed by atoms with Gasteiger partial charge in [0, 0.05) is 0 Å². The maximum Gasteiger partial charge on any atom is -0.0169 e. The van der Waals surface area contributed by atoms with Crippen molar-refractivity contribution >= 4 is 0 Å². The third kappa shape index (κ3) is 19.2. The molecule has 0 atom stereocenters. The van der Waals surface area contributed by atoms with Crippen LogP contribution >= 0.6 is 0 Å². The average molecular weight is 291 g/mol. The summed E-state index contributed by atoms with van der Waals surface area (Å²) in [6.07, 6.45) is 31.0. The maximum atomic E-state index is 2.35. The second kappa shape index (κ2) is 19.2. The van der Waals surface area contributed by atoms with Gasteiger partial charge in [-0.25, -0.2) is 0 Å². The predicted octanol–water partition coefficient (Wildman–Crippen LogP) is 7.77. The van der Waals surface area contributed by atoms with Crippen LogP contribution in [0.3, 0.4) is 0 Å². The number of unbranched alkanes of at least 4 members (excludes halogenated alkanes) is 9. The highest BCUT2D eigenvalue weighted by atomic mass is 14.0. The highest BCUT2D eigenvalue weighted by Gasteiger charge is 1.90. The summed E-state index contributed by atoms with van der Waals surface area (Å²) in [6, 6.07) is 0. The summed E-state index contributed by atoms with van der Waals surface area (Å²) >= 11 is 0. The lowest BCUT2D eigenvalue weighted by Crippen LogP contribution is -1.80. The molecule has 0 aromatic heterocycles. The first-order valence-corrected chi connectivity index (χ1v) is 9.36. The summed E-state index contributed by atoms with van der Waals surface area (Å²) in [7, 11) is 0. The second-order valence-corrected chi connectivity index (χ2v) is 5.91. The molecule has 0 amide bonds. The first-order valence-electron chi connectivity index (χ1n) is 9.36. The standard InChI is InChI=1S/C21H38/c1-3-5-7-9-11-13-15-17-19-21-20-18-16-14-12-10-8-6-4-2/h5,7,11,13,17,19H,3-4,6,8-10,12,14-16,18,20-21H2,1-2H3. The molecule has 0 aromatic rings. The fraction of sp³-hybridized carbons (Fsp3) is 0.714. The predicted molar refractivity (Wildman–Crippen MR) is 98.8 cm³/mol. The molecule has 0 fully saturated rings. The van der Waals surface area contributed by atoms with E-state index in [-0.39, 0.29) is 0 Å². The Morgan fingerprint density at radius 3 is 1.52 bits per heavy atom. The van der Waals surface area contributed by atoms with Crippen LogP contribution < -0.4 is 0 Å². The van der Waals surface area contributed by atoms with Crippen molar-refractivity contribution in [3.8, 4) is 0 Å². The van der Waals surface area contributed by atoms with E-state index in [9.17, 15) is 0 Å². The van der Waals surface area contributed by atoms with E-state index in [1.54, 1.807) is 0 Å². The van der Waals surface area contributed by atoms with Gasteiger partial charge >= 0.3 is 0 Å². The van der Waals surface area contributed by atoms with Crippen molar-refractivity contribution < 1.29 is 0 Å². The van der Waals surface area contributed by atoms with Gasteiger partial charge in [0.25, 0.3) is 0 Å². The molecule has 0 rings (SSSR count). The lowest BCUT2D eigenvalue weighted by atomic mass is 10.1. The first kappa shape index (κ1) is 20.2. The van der Waals surface area contributed by atoms with E-state index >= 15 is 0 Å². The lowest BCUT2D eigenvalue weighted by Gasteiger charge is -2.00. The number of hydrogen-bond donors (Lipinski definition) is 0. The van der Waals surface area contributed by atoms with Gasteiger partial charge in [-0.15, -0.1) is 0 Å². The van der Waals surface area contributed by atoms with Gasteiger partial charge < -0.3 is 0 Å². The van der Waals surface area contributed by atoms with Crippen LogP contribution in [0.4, 0.5) is 0 Å². The molecule has 21 heavy (non-hydrogen) atoms. The smallest absolute Gasteiger partial charge is 0.0169 e. The molecule has 0 heterocycles. The molecule has 0 saturated heterocycles. The maximum absolute atomic E-state index is 2.35. The Labute approximate surface area is 134 Å². The summed E-state index contributed by atoms with van der Waals surface area (Å²) in [4.78, 5) is 0. The Hall–Kier alpha value is -0.780. The van der Waals surface area contributed by atoms with Crippen molar-refractivity contribution in [2.75, 3.05) is 0 Å². The SMILES string of the molecule is CCC=CCC=CCC=CCCCCCCCCCCC. The summed E-state index contributed by atoms with van der Waals surface area (Å²) in [5.74, 6) is 0. The number of rotatable bonds is 15. The van der Waals surface area contributed by atoms with E-state index in [4.69, 9.17) is 0 Å². The zero-order valence-corrected chi connectivity index (χ0v) is 14.7. The molecule has 0 aliphatic carbocycles. The van der Waals surface area contributed by atoms with Crippen molar-refractivity contribution in [1.82, 2.24) is 0 Å². The molecule has 0 aliphatic rings. The largest absolute Gasteiger partial charge is 0.0885 e. The van der Waals surface area contributed by atoms with Crippen LogP contribution in [0.25, 0.3) is 0 Å². The van der Waals surface area contributed by atoms with Gasteiger partial charge in [-0.3, -0.25) is 0 Å². The molecule has 0 radical (unpaired) electrons. The van der Waals surface area contributed by atoms with Crippen LogP contribution in [0.15, 0.2) is 36.5 Å². The van der Waals surface area contributed by atoms with Gasteiger partial charge in [0.15, 0.2) is 0 Å². The van der Waals surface area contributed by atoms with E-state index in [2.05, 4.69) is 50.3 Å². The molecular formula is C21H38. The molecular weight excluding hydrogens is 252 g/mol. The van der Waals surface area contributed by atoms with Crippen molar-refractivity contribution in [2.24, 2.45) is 0 Å².